The molecule has 2 aromatic carbocycles. The number of aromatic nitrogens is 1. The zero-order chi connectivity index (χ0) is 32.4. The number of thiazole rings is 1. The van der Waals surface area contributed by atoms with Gasteiger partial charge in [-0.25, -0.2) is 4.99 Å². The van der Waals surface area contributed by atoms with Crippen LogP contribution in [0.4, 0.5) is 5.69 Å². The molecule has 2 aromatic heterocycles. The van der Waals surface area contributed by atoms with Crippen molar-refractivity contribution in [2.45, 2.75) is 26.8 Å². The van der Waals surface area contributed by atoms with Crippen molar-refractivity contribution in [3.63, 3.8) is 0 Å². The summed E-state index contributed by atoms with van der Waals surface area (Å²) in [6.45, 7) is 6.52. The van der Waals surface area contributed by atoms with E-state index in [0.717, 1.165) is 11.3 Å². The quantitative estimate of drug-likeness (QED) is 0.186. The highest BCUT2D eigenvalue weighted by Crippen LogP contribution is 2.38. The maximum atomic E-state index is 14.2. The maximum Gasteiger partial charge on any atom is 0.271 e. The smallest absolute Gasteiger partial charge is 0.271 e. The molecular formula is C32H32N4O8S. The lowest BCUT2D eigenvalue weighted by Crippen LogP contribution is -2.43. The van der Waals surface area contributed by atoms with Crippen LogP contribution in [0.5, 0.6) is 17.2 Å². The Morgan fingerprint density at radius 1 is 1.07 bits per heavy atom. The van der Waals surface area contributed by atoms with E-state index in [-0.39, 0.29) is 17.2 Å². The van der Waals surface area contributed by atoms with Crippen LogP contribution in [0.15, 0.2) is 74.0 Å². The number of carbonyl (C=O) groups is 1. The Morgan fingerprint density at radius 2 is 1.78 bits per heavy atom. The Morgan fingerprint density at radius 3 is 2.42 bits per heavy atom. The Labute approximate surface area is 262 Å². The van der Waals surface area contributed by atoms with Gasteiger partial charge in [0.1, 0.15) is 34.8 Å². The molecule has 0 aliphatic carbocycles. The summed E-state index contributed by atoms with van der Waals surface area (Å²) in [4.78, 5) is 45.8. The molecule has 1 amide bonds. The lowest BCUT2D eigenvalue weighted by atomic mass is 9.93. The van der Waals surface area contributed by atoms with Crippen molar-refractivity contribution in [2.75, 3.05) is 34.4 Å². The topological polar surface area (TPSA) is 139 Å². The molecular weight excluding hydrogens is 600 g/mol. The molecule has 45 heavy (non-hydrogen) atoms. The van der Waals surface area contributed by atoms with Gasteiger partial charge in [0.25, 0.3) is 17.2 Å². The van der Waals surface area contributed by atoms with Gasteiger partial charge in [-0.3, -0.25) is 24.3 Å². The van der Waals surface area contributed by atoms with Gasteiger partial charge in [0.05, 0.1) is 47.6 Å². The van der Waals surface area contributed by atoms with E-state index in [4.69, 9.17) is 23.6 Å². The van der Waals surface area contributed by atoms with Gasteiger partial charge in [0.15, 0.2) is 4.80 Å². The summed E-state index contributed by atoms with van der Waals surface area (Å²) in [5, 5.41) is 11.4. The Kier molecular flexibility index (Phi) is 8.91. The molecule has 1 aliphatic rings. The standard InChI is InChI=1S/C32H32N4O8S/c1-7-34(8-2)31(38)28-18(3)33-32-35(29(28)23-16-20(41-4)10-13-25(23)43-6)30(37)27(45-32)17-21-11-14-26(44-21)22-15-19(36(39)40)9-12-24(22)42-5/h9-17,29H,7-8H2,1-6H3/b27-17+/t29-/m0/s1. The molecule has 0 saturated carbocycles. The van der Waals surface area contributed by atoms with E-state index in [9.17, 15) is 19.7 Å². The van der Waals surface area contributed by atoms with Crippen LogP contribution in [0.1, 0.15) is 38.1 Å². The summed E-state index contributed by atoms with van der Waals surface area (Å²) in [5.41, 5.74) is 1.34. The number of rotatable bonds is 10. The highest BCUT2D eigenvalue weighted by Gasteiger charge is 2.36. The normalized spacial score (nSPS) is 14.5. The molecule has 4 aromatic rings. The third-order valence-electron chi connectivity index (χ3n) is 7.59. The van der Waals surface area contributed by atoms with Crippen LogP contribution in [0.3, 0.4) is 0 Å². The predicted molar refractivity (Wildman–Crippen MR) is 169 cm³/mol. The number of furan rings is 1. The number of ether oxygens (including phenoxy) is 3. The average Bonchev–Trinajstić information content (AvgIpc) is 3.63. The molecule has 12 nitrogen and oxygen atoms in total. The summed E-state index contributed by atoms with van der Waals surface area (Å²) in [6, 6.07) is 11.9. The van der Waals surface area contributed by atoms with Crippen molar-refractivity contribution in [3.8, 4) is 28.6 Å². The molecule has 1 atom stereocenters. The third kappa shape index (κ3) is 5.74. The number of methoxy groups -OCH3 is 3. The number of benzene rings is 2. The first-order valence-corrected chi connectivity index (χ1v) is 14.9. The summed E-state index contributed by atoms with van der Waals surface area (Å²) in [6.07, 6.45) is 1.59. The zero-order valence-corrected chi connectivity index (χ0v) is 26.5. The number of nitro benzene ring substituents is 1. The number of nitrogens with zero attached hydrogens (tertiary/aromatic N) is 4. The van der Waals surface area contributed by atoms with E-state index in [0.29, 0.717) is 73.6 Å². The number of non-ortho nitro benzene ring substituents is 1. The first-order chi connectivity index (χ1) is 21.6. The Bertz CT molecular complexity index is 2000. The number of allylic oxidation sites excluding steroid dienone is 1. The number of hydrogen-bond donors (Lipinski definition) is 0. The second kappa shape index (κ2) is 12.8. The van der Waals surface area contributed by atoms with Crippen molar-refractivity contribution in [3.05, 3.63) is 101 Å². The average molecular weight is 633 g/mol. The molecule has 5 rings (SSSR count). The largest absolute Gasteiger partial charge is 0.497 e. The summed E-state index contributed by atoms with van der Waals surface area (Å²) < 4.78 is 24.4. The van der Waals surface area contributed by atoms with E-state index in [1.165, 1.54) is 37.0 Å². The first-order valence-electron chi connectivity index (χ1n) is 14.1. The van der Waals surface area contributed by atoms with Gasteiger partial charge in [0, 0.05) is 36.9 Å². The molecule has 3 heterocycles. The second-order valence-corrected chi connectivity index (χ2v) is 11.0. The van der Waals surface area contributed by atoms with E-state index in [1.54, 1.807) is 55.3 Å². The molecule has 0 fully saturated rings. The van der Waals surface area contributed by atoms with Crippen LogP contribution in [-0.4, -0.2) is 54.7 Å². The molecule has 234 valence electrons. The number of amides is 1. The monoisotopic (exact) mass is 632 g/mol. The van der Waals surface area contributed by atoms with Gasteiger partial charge >= 0.3 is 0 Å². The third-order valence-corrected chi connectivity index (χ3v) is 8.58. The van der Waals surface area contributed by atoms with Gasteiger partial charge in [0.2, 0.25) is 0 Å². The molecule has 0 bridgehead atoms. The summed E-state index contributed by atoms with van der Waals surface area (Å²) >= 11 is 1.16. The lowest BCUT2D eigenvalue weighted by molar-refractivity contribution is -0.384. The minimum Gasteiger partial charge on any atom is -0.497 e. The minimum atomic E-state index is -0.845. The van der Waals surface area contributed by atoms with Gasteiger partial charge in [-0.15, -0.1) is 0 Å². The SMILES string of the molecule is CCN(CC)C(=O)C1=C(C)N=c2s/c(=C/c3ccc(-c4cc([N+](=O)[O-])ccc4OC)o3)c(=O)n2[C@H]1c1cc(OC)ccc1OC. The van der Waals surface area contributed by atoms with Crippen molar-refractivity contribution >= 4 is 29.0 Å². The zero-order valence-electron chi connectivity index (χ0n) is 25.7. The predicted octanol–water partition coefficient (Wildman–Crippen LogP) is 4.30. The molecule has 0 spiro atoms. The molecule has 0 unspecified atom stereocenters. The second-order valence-electron chi connectivity index (χ2n) is 10.0. The number of fused-ring (bicyclic) bond motifs is 1. The fraction of sp³-hybridized carbons (Fsp3) is 0.281. The number of nitro groups is 1. The van der Waals surface area contributed by atoms with Crippen LogP contribution >= 0.6 is 11.3 Å². The fourth-order valence-electron chi connectivity index (χ4n) is 5.33. The summed E-state index contributed by atoms with van der Waals surface area (Å²) in [5.74, 6) is 1.86. The highest BCUT2D eigenvalue weighted by molar-refractivity contribution is 7.07. The lowest BCUT2D eigenvalue weighted by Gasteiger charge is -2.30. The molecule has 0 saturated heterocycles. The van der Waals surface area contributed by atoms with Gasteiger partial charge in [-0.05, 0) is 57.2 Å². The maximum absolute atomic E-state index is 14.2. The molecule has 0 N–H and O–H groups in total. The minimum absolute atomic E-state index is 0.115. The van der Waals surface area contributed by atoms with Crippen LogP contribution in [0.2, 0.25) is 0 Å². The van der Waals surface area contributed by atoms with Crippen molar-refractivity contribution < 1.29 is 28.3 Å². The Hall–Kier alpha value is -5.17. The number of hydrogen-bond acceptors (Lipinski definition) is 10. The van der Waals surface area contributed by atoms with Crippen molar-refractivity contribution in [2.24, 2.45) is 4.99 Å². The van der Waals surface area contributed by atoms with E-state index in [1.807, 2.05) is 13.8 Å². The van der Waals surface area contributed by atoms with E-state index < -0.39 is 11.0 Å². The van der Waals surface area contributed by atoms with Crippen molar-refractivity contribution in [1.82, 2.24) is 9.47 Å². The van der Waals surface area contributed by atoms with Crippen LogP contribution in [0.25, 0.3) is 17.4 Å². The fourth-order valence-corrected chi connectivity index (χ4v) is 6.36. The van der Waals surface area contributed by atoms with Crippen LogP contribution < -0.4 is 29.1 Å². The molecule has 0 radical (unpaired) electrons. The van der Waals surface area contributed by atoms with Crippen LogP contribution in [-0.2, 0) is 4.79 Å². The Balaban J connectivity index is 1.69. The first kappa shape index (κ1) is 31.3. The number of likely N-dealkylation sites (N-methyl/N-ethyl adjacent to an activating group) is 1. The number of carbonyl (C=O) groups excluding carboxylic acids is 1. The van der Waals surface area contributed by atoms with E-state index >= 15 is 0 Å². The van der Waals surface area contributed by atoms with Gasteiger partial charge in [-0.2, -0.15) is 0 Å². The van der Waals surface area contributed by atoms with E-state index in [2.05, 4.69) is 0 Å². The molecule has 1 aliphatic heterocycles. The van der Waals surface area contributed by atoms with Gasteiger partial charge < -0.3 is 23.5 Å². The van der Waals surface area contributed by atoms with Gasteiger partial charge in [-0.1, -0.05) is 11.3 Å². The highest BCUT2D eigenvalue weighted by atomic mass is 32.1. The van der Waals surface area contributed by atoms with Crippen LogP contribution in [0, 0.1) is 10.1 Å². The van der Waals surface area contributed by atoms with Crippen molar-refractivity contribution in [1.29, 1.82) is 0 Å². The summed E-state index contributed by atoms with van der Waals surface area (Å²) in [7, 11) is 4.54. The molecule has 13 heteroatoms.